The Bertz CT molecular complexity index is 857. The van der Waals surface area contributed by atoms with Crippen LogP contribution in [0.3, 0.4) is 0 Å². The van der Waals surface area contributed by atoms with Crippen LogP contribution in [-0.4, -0.2) is 33.7 Å². The van der Waals surface area contributed by atoms with E-state index in [9.17, 15) is 8.42 Å². The zero-order valence-corrected chi connectivity index (χ0v) is 17.3. The van der Waals surface area contributed by atoms with Crippen molar-refractivity contribution < 1.29 is 8.42 Å². The van der Waals surface area contributed by atoms with Gasteiger partial charge in [0.2, 0.25) is 0 Å². The highest BCUT2D eigenvalue weighted by Crippen LogP contribution is 2.15. The summed E-state index contributed by atoms with van der Waals surface area (Å²) in [7, 11) is -3.17. The van der Waals surface area contributed by atoms with Crippen molar-refractivity contribution in [1.29, 1.82) is 0 Å². The number of nitrogens with one attached hydrogen (secondary N) is 2. The van der Waals surface area contributed by atoms with Gasteiger partial charge in [-0.05, 0) is 43.0 Å². The number of nitrogens with zero attached hydrogens (tertiary/aromatic N) is 1. The van der Waals surface area contributed by atoms with Crippen molar-refractivity contribution in [2.24, 2.45) is 4.99 Å². The molecule has 0 spiro atoms. The molecule has 2 aromatic rings. The van der Waals surface area contributed by atoms with Gasteiger partial charge in [-0.25, -0.2) is 13.4 Å². The van der Waals surface area contributed by atoms with Gasteiger partial charge in [-0.1, -0.05) is 48.9 Å². The van der Waals surface area contributed by atoms with Crippen LogP contribution in [0.15, 0.2) is 58.4 Å². The Kier molecular flexibility index (Phi) is 7.42. The van der Waals surface area contributed by atoms with Crippen LogP contribution in [-0.2, 0) is 16.4 Å². The minimum absolute atomic E-state index is 0.326. The predicted octanol–water partition coefficient (Wildman–Crippen LogP) is 3.26. The fraction of sp³-hybridized carbons (Fsp3) is 0.381. The normalized spacial score (nSPS) is 13.3. The molecule has 2 aromatic carbocycles. The number of hydrogen-bond acceptors (Lipinski definition) is 3. The molecule has 0 bridgehead atoms. The van der Waals surface area contributed by atoms with Gasteiger partial charge in [0.25, 0.3) is 0 Å². The van der Waals surface area contributed by atoms with Gasteiger partial charge in [0.05, 0.1) is 11.4 Å². The Morgan fingerprint density at radius 3 is 2.22 bits per heavy atom. The molecule has 0 heterocycles. The molecule has 0 amide bonds. The number of guanidine groups is 1. The van der Waals surface area contributed by atoms with Crippen molar-refractivity contribution in [1.82, 2.24) is 10.6 Å². The van der Waals surface area contributed by atoms with E-state index in [1.807, 2.05) is 6.92 Å². The lowest BCUT2D eigenvalue weighted by Gasteiger charge is -2.16. The Balaban J connectivity index is 1.98. The Morgan fingerprint density at radius 2 is 1.67 bits per heavy atom. The summed E-state index contributed by atoms with van der Waals surface area (Å²) in [6, 6.07) is 15.4. The number of benzene rings is 2. The third kappa shape index (κ3) is 6.71. The number of aliphatic imine (C=N–C) groups is 1. The summed E-state index contributed by atoms with van der Waals surface area (Å²) < 4.78 is 23.1. The summed E-state index contributed by atoms with van der Waals surface area (Å²) in [5.74, 6) is 1.12. The second kappa shape index (κ2) is 9.55. The summed E-state index contributed by atoms with van der Waals surface area (Å²) in [5.41, 5.74) is 3.52. The molecule has 146 valence electrons. The molecule has 6 heteroatoms. The van der Waals surface area contributed by atoms with E-state index in [-0.39, 0.29) is 0 Å². The topological polar surface area (TPSA) is 70.6 Å². The van der Waals surface area contributed by atoms with Crippen molar-refractivity contribution in [2.45, 2.75) is 38.1 Å². The quantitative estimate of drug-likeness (QED) is 0.565. The maximum absolute atomic E-state index is 11.5. The van der Waals surface area contributed by atoms with Crippen molar-refractivity contribution in [2.75, 3.05) is 19.3 Å². The van der Waals surface area contributed by atoms with Crippen LogP contribution in [0.5, 0.6) is 0 Å². The Labute approximate surface area is 162 Å². The van der Waals surface area contributed by atoms with Gasteiger partial charge >= 0.3 is 0 Å². The average molecular weight is 388 g/mol. The highest BCUT2D eigenvalue weighted by atomic mass is 32.2. The summed E-state index contributed by atoms with van der Waals surface area (Å²) >= 11 is 0. The van der Waals surface area contributed by atoms with E-state index in [1.165, 1.54) is 17.4 Å². The molecule has 0 aromatic heterocycles. The van der Waals surface area contributed by atoms with E-state index in [4.69, 9.17) is 0 Å². The highest BCUT2D eigenvalue weighted by Gasteiger charge is 2.08. The first-order chi connectivity index (χ1) is 12.8. The van der Waals surface area contributed by atoms with Crippen LogP contribution in [0.25, 0.3) is 0 Å². The maximum atomic E-state index is 11.5. The van der Waals surface area contributed by atoms with Crippen molar-refractivity contribution >= 4 is 15.8 Å². The summed E-state index contributed by atoms with van der Waals surface area (Å²) in [6.07, 6.45) is 1.21. The van der Waals surface area contributed by atoms with E-state index < -0.39 is 9.84 Å². The van der Waals surface area contributed by atoms with Gasteiger partial charge < -0.3 is 10.6 Å². The monoisotopic (exact) mass is 387 g/mol. The van der Waals surface area contributed by atoms with Crippen LogP contribution in [0.4, 0.5) is 0 Å². The largest absolute Gasteiger partial charge is 0.357 e. The summed E-state index contributed by atoms with van der Waals surface area (Å²) in [5, 5.41) is 6.63. The second-order valence-electron chi connectivity index (χ2n) is 6.80. The highest BCUT2D eigenvalue weighted by molar-refractivity contribution is 7.90. The molecule has 5 nitrogen and oxygen atoms in total. The van der Waals surface area contributed by atoms with Crippen LogP contribution in [0.2, 0.25) is 0 Å². The summed E-state index contributed by atoms with van der Waals surface area (Å²) in [6.45, 7) is 8.34. The van der Waals surface area contributed by atoms with E-state index in [0.717, 1.165) is 24.6 Å². The van der Waals surface area contributed by atoms with E-state index in [1.54, 1.807) is 24.3 Å². The number of aryl methyl sites for hydroxylation is 1. The molecule has 0 aliphatic rings. The third-order valence-electron chi connectivity index (χ3n) is 4.34. The minimum atomic E-state index is -3.17. The lowest BCUT2D eigenvalue weighted by Crippen LogP contribution is -2.39. The zero-order valence-electron chi connectivity index (χ0n) is 16.5. The smallest absolute Gasteiger partial charge is 0.191 e. The average Bonchev–Trinajstić information content (AvgIpc) is 2.64. The van der Waals surface area contributed by atoms with Crippen LogP contribution in [0, 0.1) is 6.92 Å². The standard InChI is InChI=1S/C21H29N3O2S/c1-5-22-21(23-14-17(3)19-10-6-16(2)7-11-19)24-15-18-8-12-20(13-9-18)27(4,25)26/h6-13,17H,5,14-15H2,1-4H3,(H2,22,23,24). The Hall–Kier alpha value is -2.34. The van der Waals surface area contributed by atoms with Gasteiger partial charge in [0.15, 0.2) is 15.8 Å². The molecule has 0 aliphatic carbocycles. The molecule has 0 saturated heterocycles. The minimum Gasteiger partial charge on any atom is -0.357 e. The van der Waals surface area contributed by atoms with Crippen LogP contribution < -0.4 is 10.6 Å². The third-order valence-corrected chi connectivity index (χ3v) is 5.47. The number of rotatable bonds is 7. The molecular weight excluding hydrogens is 358 g/mol. The fourth-order valence-corrected chi connectivity index (χ4v) is 3.25. The molecule has 1 atom stereocenters. The van der Waals surface area contributed by atoms with Gasteiger partial charge in [-0.15, -0.1) is 0 Å². The molecular formula is C21H29N3O2S. The van der Waals surface area contributed by atoms with Gasteiger partial charge in [0.1, 0.15) is 0 Å². The number of hydrogen-bond donors (Lipinski definition) is 2. The second-order valence-corrected chi connectivity index (χ2v) is 8.82. The lowest BCUT2D eigenvalue weighted by atomic mass is 10.0. The fourth-order valence-electron chi connectivity index (χ4n) is 2.62. The lowest BCUT2D eigenvalue weighted by molar-refractivity contribution is 0.602. The van der Waals surface area contributed by atoms with Crippen LogP contribution >= 0.6 is 0 Å². The summed E-state index contributed by atoms with van der Waals surface area (Å²) in [4.78, 5) is 4.93. The number of sulfone groups is 1. The van der Waals surface area contributed by atoms with Gasteiger partial charge in [0, 0.05) is 19.3 Å². The van der Waals surface area contributed by atoms with Crippen molar-refractivity contribution in [3.05, 3.63) is 65.2 Å². The van der Waals surface area contributed by atoms with Gasteiger partial charge in [-0.3, -0.25) is 0 Å². The SMILES string of the molecule is CCNC(=NCc1ccc(S(C)(=O)=O)cc1)NCC(C)c1ccc(C)cc1. The first-order valence-electron chi connectivity index (χ1n) is 9.17. The first kappa shape index (κ1) is 21.0. The first-order valence-corrected chi connectivity index (χ1v) is 11.1. The molecule has 0 radical (unpaired) electrons. The van der Waals surface area contributed by atoms with Crippen molar-refractivity contribution in [3.63, 3.8) is 0 Å². The van der Waals surface area contributed by atoms with Crippen LogP contribution in [0.1, 0.15) is 36.5 Å². The van der Waals surface area contributed by atoms with E-state index in [2.05, 4.69) is 53.7 Å². The molecule has 0 aliphatic heterocycles. The molecule has 0 fully saturated rings. The molecule has 1 unspecified atom stereocenters. The van der Waals surface area contributed by atoms with Crippen molar-refractivity contribution in [3.8, 4) is 0 Å². The molecule has 0 saturated carbocycles. The van der Waals surface area contributed by atoms with E-state index in [0.29, 0.717) is 17.4 Å². The Morgan fingerprint density at radius 1 is 1.04 bits per heavy atom. The predicted molar refractivity (Wildman–Crippen MR) is 112 cm³/mol. The zero-order chi connectivity index (χ0) is 19.9. The molecule has 2 rings (SSSR count). The van der Waals surface area contributed by atoms with E-state index >= 15 is 0 Å². The van der Waals surface area contributed by atoms with Gasteiger partial charge in [-0.2, -0.15) is 0 Å². The molecule has 2 N–H and O–H groups in total. The molecule has 27 heavy (non-hydrogen) atoms. The maximum Gasteiger partial charge on any atom is 0.191 e.